The third kappa shape index (κ3) is 3.57. The quantitative estimate of drug-likeness (QED) is 0.794. The van der Waals surface area contributed by atoms with Gasteiger partial charge in [-0.2, -0.15) is 13.2 Å². The molecule has 1 aliphatic rings. The number of thiophene rings is 1. The molecule has 0 spiro atoms. The summed E-state index contributed by atoms with van der Waals surface area (Å²) in [4.78, 5) is 28.0. The zero-order valence-electron chi connectivity index (χ0n) is 13.9. The van der Waals surface area contributed by atoms with E-state index in [1.165, 1.54) is 25.4 Å². The van der Waals surface area contributed by atoms with Crippen molar-refractivity contribution in [2.24, 2.45) is 0 Å². The number of nitrogens with zero attached hydrogens (tertiary/aromatic N) is 1. The molecule has 0 radical (unpaired) electrons. The van der Waals surface area contributed by atoms with Crippen LogP contribution < -0.4 is 5.32 Å². The average Bonchev–Trinajstić information content (AvgIpc) is 3.34. The number of aryl methyl sites for hydroxylation is 1. The van der Waals surface area contributed by atoms with Crippen LogP contribution in [0.2, 0.25) is 0 Å². The van der Waals surface area contributed by atoms with Crippen LogP contribution in [-0.4, -0.2) is 24.0 Å². The van der Waals surface area contributed by atoms with Crippen molar-refractivity contribution in [2.45, 2.75) is 31.9 Å². The fourth-order valence-corrected chi connectivity index (χ4v) is 3.63. The summed E-state index contributed by atoms with van der Waals surface area (Å²) in [6, 6.07) is 1.83. The van der Waals surface area contributed by atoms with E-state index < -0.39 is 23.7 Å². The van der Waals surface area contributed by atoms with Gasteiger partial charge in [-0.25, -0.2) is 9.78 Å². The summed E-state index contributed by atoms with van der Waals surface area (Å²) >= 11 is 1.19. The van der Waals surface area contributed by atoms with Crippen LogP contribution in [0.25, 0.3) is 0 Å². The molecule has 9 heteroatoms. The molecule has 1 N–H and O–H groups in total. The predicted octanol–water partition coefficient (Wildman–Crippen LogP) is 4.39. The Labute approximate surface area is 151 Å². The number of rotatable bonds is 4. The minimum absolute atomic E-state index is 0.00943. The fourth-order valence-electron chi connectivity index (χ4n) is 2.60. The van der Waals surface area contributed by atoms with Gasteiger partial charge in [-0.3, -0.25) is 4.79 Å². The van der Waals surface area contributed by atoms with Crippen LogP contribution >= 0.6 is 11.3 Å². The van der Waals surface area contributed by atoms with Crippen LogP contribution in [0.3, 0.4) is 0 Å². The van der Waals surface area contributed by atoms with Gasteiger partial charge in [0.1, 0.15) is 10.7 Å². The number of esters is 1. The van der Waals surface area contributed by atoms with Gasteiger partial charge in [0.05, 0.1) is 23.9 Å². The Morgan fingerprint density at radius 3 is 2.54 bits per heavy atom. The molecule has 0 saturated heterocycles. The van der Waals surface area contributed by atoms with Crippen molar-refractivity contribution < 1.29 is 27.5 Å². The number of pyridine rings is 1. The van der Waals surface area contributed by atoms with Crippen molar-refractivity contribution >= 4 is 28.2 Å². The molecule has 2 aromatic rings. The van der Waals surface area contributed by atoms with Crippen molar-refractivity contribution in [2.75, 3.05) is 12.4 Å². The Morgan fingerprint density at radius 1 is 1.31 bits per heavy atom. The molecule has 0 aliphatic heterocycles. The summed E-state index contributed by atoms with van der Waals surface area (Å²) in [6.07, 6.45) is -2.64. The van der Waals surface area contributed by atoms with E-state index in [9.17, 15) is 22.8 Å². The normalized spacial score (nSPS) is 14.2. The highest BCUT2D eigenvalue weighted by Gasteiger charge is 2.34. The first-order valence-corrected chi connectivity index (χ1v) is 8.66. The van der Waals surface area contributed by atoms with E-state index in [2.05, 4.69) is 10.3 Å². The first-order chi connectivity index (χ1) is 12.2. The summed E-state index contributed by atoms with van der Waals surface area (Å²) in [5, 5.41) is 4.73. The van der Waals surface area contributed by atoms with E-state index in [0.29, 0.717) is 10.6 Å². The number of alkyl halides is 3. The summed E-state index contributed by atoms with van der Waals surface area (Å²) in [6.45, 7) is 1.33. The lowest BCUT2D eigenvalue weighted by molar-refractivity contribution is -0.141. The highest BCUT2D eigenvalue weighted by molar-refractivity contribution is 7.15. The number of halogens is 3. The maximum Gasteiger partial charge on any atom is 0.433 e. The molecular formula is C17H15F3N2O3S. The van der Waals surface area contributed by atoms with Gasteiger partial charge >= 0.3 is 12.1 Å². The number of ether oxygens (including phenoxy) is 1. The highest BCUT2D eigenvalue weighted by Crippen LogP contribution is 2.46. The number of anilines is 1. The Balaban J connectivity index is 1.88. The number of methoxy groups -OCH3 is 1. The largest absolute Gasteiger partial charge is 0.465 e. The molecule has 1 fully saturated rings. The third-order valence-electron chi connectivity index (χ3n) is 4.07. The number of hydrogen-bond acceptors (Lipinski definition) is 5. The van der Waals surface area contributed by atoms with Gasteiger partial charge in [-0.15, -0.1) is 11.3 Å². The van der Waals surface area contributed by atoms with E-state index in [1.54, 1.807) is 5.38 Å². The molecule has 2 aromatic heterocycles. The average molecular weight is 384 g/mol. The second kappa shape index (κ2) is 6.71. The molecular weight excluding hydrogens is 369 g/mol. The molecule has 1 amide bonds. The molecule has 0 bridgehead atoms. The maximum absolute atomic E-state index is 12.7. The van der Waals surface area contributed by atoms with Crippen molar-refractivity contribution in [1.82, 2.24) is 4.98 Å². The molecule has 1 aliphatic carbocycles. The van der Waals surface area contributed by atoms with Crippen molar-refractivity contribution in [3.63, 3.8) is 0 Å². The van der Waals surface area contributed by atoms with Gasteiger partial charge in [-0.1, -0.05) is 0 Å². The zero-order valence-corrected chi connectivity index (χ0v) is 14.8. The van der Waals surface area contributed by atoms with E-state index in [-0.39, 0.29) is 17.2 Å². The van der Waals surface area contributed by atoms with Crippen molar-refractivity contribution in [1.29, 1.82) is 0 Å². The van der Waals surface area contributed by atoms with Crippen LogP contribution in [0.15, 0.2) is 17.5 Å². The van der Waals surface area contributed by atoms with Gasteiger partial charge in [0.25, 0.3) is 5.91 Å². The summed E-state index contributed by atoms with van der Waals surface area (Å²) in [5.41, 5.74) is 0.0466. The number of hydrogen-bond donors (Lipinski definition) is 1. The predicted molar refractivity (Wildman–Crippen MR) is 89.6 cm³/mol. The van der Waals surface area contributed by atoms with E-state index >= 15 is 0 Å². The summed E-state index contributed by atoms with van der Waals surface area (Å²) < 4.78 is 42.9. The second-order valence-corrected chi connectivity index (χ2v) is 6.82. The molecule has 2 heterocycles. The van der Waals surface area contributed by atoms with Crippen LogP contribution in [0.1, 0.15) is 56.4 Å². The fraction of sp³-hybridized carbons (Fsp3) is 0.353. The topological polar surface area (TPSA) is 68.3 Å². The standard InChI is InChI=1S/C17H15F3N2O3S/c1-8-10(5-6-12(21-8)17(18,19)20)14(23)22-15-13(16(24)25-2)11(7-26-15)9-3-4-9/h5-7,9H,3-4H2,1-2H3,(H,22,23). The second-order valence-electron chi connectivity index (χ2n) is 5.94. The van der Waals surface area contributed by atoms with Crippen LogP contribution in [0, 0.1) is 6.92 Å². The molecule has 26 heavy (non-hydrogen) atoms. The van der Waals surface area contributed by atoms with Crippen molar-refractivity contribution in [3.8, 4) is 0 Å². The number of aromatic nitrogens is 1. The summed E-state index contributed by atoms with van der Waals surface area (Å²) in [5.74, 6) is -0.899. The van der Waals surface area contributed by atoms with Gasteiger partial charge in [0, 0.05) is 0 Å². The minimum Gasteiger partial charge on any atom is -0.465 e. The smallest absolute Gasteiger partial charge is 0.433 e. The monoisotopic (exact) mass is 384 g/mol. The van der Waals surface area contributed by atoms with E-state index in [0.717, 1.165) is 30.5 Å². The number of carbonyl (C=O) groups is 2. The Hall–Kier alpha value is -2.42. The first-order valence-electron chi connectivity index (χ1n) is 7.78. The Morgan fingerprint density at radius 2 is 2.00 bits per heavy atom. The lowest BCUT2D eigenvalue weighted by atomic mass is 10.1. The molecule has 0 aromatic carbocycles. The van der Waals surface area contributed by atoms with Gasteiger partial charge in [0.15, 0.2) is 0 Å². The van der Waals surface area contributed by atoms with Crippen LogP contribution in [0.4, 0.5) is 18.2 Å². The molecule has 0 unspecified atom stereocenters. The van der Waals surface area contributed by atoms with E-state index in [1.807, 2.05) is 0 Å². The van der Waals surface area contributed by atoms with Gasteiger partial charge in [-0.05, 0) is 48.8 Å². The Bertz CT molecular complexity index is 873. The molecule has 1 saturated carbocycles. The molecule has 3 rings (SSSR count). The lowest BCUT2D eigenvalue weighted by Gasteiger charge is -2.11. The van der Waals surface area contributed by atoms with Crippen LogP contribution in [0.5, 0.6) is 0 Å². The van der Waals surface area contributed by atoms with Crippen molar-refractivity contribution in [3.05, 3.63) is 45.6 Å². The number of amides is 1. The summed E-state index contributed by atoms with van der Waals surface area (Å²) in [7, 11) is 1.26. The SMILES string of the molecule is COC(=O)c1c(C2CC2)csc1NC(=O)c1ccc(C(F)(F)F)nc1C. The first kappa shape index (κ1) is 18.4. The molecule has 138 valence electrons. The maximum atomic E-state index is 12.7. The zero-order chi connectivity index (χ0) is 19.1. The number of nitrogens with one attached hydrogen (secondary N) is 1. The Kier molecular flexibility index (Phi) is 4.74. The third-order valence-corrected chi connectivity index (χ3v) is 4.99. The van der Waals surface area contributed by atoms with E-state index in [4.69, 9.17) is 4.74 Å². The van der Waals surface area contributed by atoms with Gasteiger partial charge < -0.3 is 10.1 Å². The molecule has 5 nitrogen and oxygen atoms in total. The minimum atomic E-state index is -4.58. The van der Waals surface area contributed by atoms with Gasteiger partial charge in [0.2, 0.25) is 0 Å². The highest BCUT2D eigenvalue weighted by atomic mass is 32.1. The lowest BCUT2D eigenvalue weighted by Crippen LogP contribution is -2.17. The molecule has 0 atom stereocenters. The number of carbonyl (C=O) groups excluding carboxylic acids is 2. The van der Waals surface area contributed by atoms with Crippen LogP contribution in [-0.2, 0) is 10.9 Å².